The molecule has 2 rings (SSSR count). The first kappa shape index (κ1) is 16.7. The highest BCUT2D eigenvalue weighted by molar-refractivity contribution is 5.90. The summed E-state index contributed by atoms with van der Waals surface area (Å²) < 4.78 is 5.00. The lowest BCUT2D eigenvalue weighted by Gasteiger charge is -2.10. The van der Waals surface area contributed by atoms with Crippen molar-refractivity contribution in [1.82, 2.24) is 20.3 Å². The zero-order chi connectivity index (χ0) is 16.8. The number of esters is 1. The third kappa shape index (κ3) is 4.38. The highest BCUT2D eigenvalue weighted by Crippen LogP contribution is 2.09. The summed E-state index contributed by atoms with van der Waals surface area (Å²) >= 11 is 0. The molecular weight excluding hydrogens is 296 g/mol. The second-order valence-electron chi connectivity index (χ2n) is 5.21. The molecule has 0 aliphatic heterocycles. The van der Waals surface area contributed by atoms with E-state index in [2.05, 4.69) is 15.5 Å². The second kappa shape index (κ2) is 7.53. The topological polar surface area (TPSA) is 86.1 Å². The first-order valence-electron chi connectivity index (χ1n) is 7.47. The van der Waals surface area contributed by atoms with Crippen molar-refractivity contribution in [3.8, 4) is 5.69 Å². The molecule has 0 unspecified atom stereocenters. The number of hydrogen-bond donors (Lipinski definition) is 1. The highest BCUT2D eigenvalue weighted by atomic mass is 16.5. The summed E-state index contributed by atoms with van der Waals surface area (Å²) in [6, 6.07) is 9.28. The van der Waals surface area contributed by atoms with Crippen molar-refractivity contribution in [1.29, 1.82) is 0 Å². The summed E-state index contributed by atoms with van der Waals surface area (Å²) in [5.41, 5.74) is 1.29. The lowest BCUT2D eigenvalue weighted by Crippen LogP contribution is -2.35. The van der Waals surface area contributed by atoms with Crippen LogP contribution in [0.15, 0.2) is 30.3 Å². The Hall–Kier alpha value is -2.70. The van der Waals surface area contributed by atoms with Gasteiger partial charge in [-0.1, -0.05) is 25.1 Å². The number of para-hydroxylation sites is 1. The first-order valence-corrected chi connectivity index (χ1v) is 7.47. The number of carbonyl (C=O) groups is 2. The summed E-state index contributed by atoms with van der Waals surface area (Å²) in [6.45, 7) is 5.18. The summed E-state index contributed by atoms with van der Waals surface area (Å²) in [4.78, 5) is 25.0. The maximum atomic E-state index is 12.1. The van der Waals surface area contributed by atoms with E-state index in [-0.39, 0.29) is 24.2 Å². The van der Waals surface area contributed by atoms with Gasteiger partial charge >= 0.3 is 5.97 Å². The van der Waals surface area contributed by atoms with E-state index >= 15 is 0 Å². The number of carbonyl (C=O) groups excluding carboxylic acids is 2. The van der Waals surface area contributed by atoms with E-state index in [4.69, 9.17) is 4.74 Å². The zero-order valence-corrected chi connectivity index (χ0v) is 13.4. The van der Waals surface area contributed by atoms with Crippen LogP contribution in [0.25, 0.3) is 5.69 Å². The molecule has 7 heteroatoms. The van der Waals surface area contributed by atoms with Gasteiger partial charge in [-0.25, -0.2) is 4.79 Å². The molecule has 122 valence electrons. The van der Waals surface area contributed by atoms with Gasteiger partial charge in [0.05, 0.1) is 11.4 Å². The van der Waals surface area contributed by atoms with Gasteiger partial charge in [0.25, 0.3) is 5.91 Å². The van der Waals surface area contributed by atoms with Crippen LogP contribution in [-0.2, 0) is 9.53 Å². The molecule has 0 aliphatic carbocycles. The molecule has 0 radical (unpaired) electrons. The molecule has 0 spiro atoms. The van der Waals surface area contributed by atoms with E-state index < -0.39 is 5.97 Å². The quantitative estimate of drug-likeness (QED) is 0.819. The Balaban J connectivity index is 2.00. The molecule has 0 aliphatic rings. The molecule has 1 amide bonds. The van der Waals surface area contributed by atoms with Gasteiger partial charge in [-0.3, -0.25) is 4.79 Å². The monoisotopic (exact) mass is 316 g/mol. The van der Waals surface area contributed by atoms with Crippen LogP contribution in [0.2, 0.25) is 0 Å². The number of rotatable bonds is 6. The number of benzene rings is 1. The highest BCUT2D eigenvalue weighted by Gasteiger charge is 2.19. The maximum absolute atomic E-state index is 12.1. The van der Waals surface area contributed by atoms with Crippen molar-refractivity contribution in [2.24, 2.45) is 0 Å². The van der Waals surface area contributed by atoms with Gasteiger partial charge in [-0.05, 0) is 32.4 Å². The molecule has 1 N–H and O–H groups in total. The minimum Gasteiger partial charge on any atom is -0.451 e. The number of amides is 1. The maximum Gasteiger partial charge on any atom is 0.361 e. The predicted molar refractivity (Wildman–Crippen MR) is 84.3 cm³/mol. The van der Waals surface area contributed by atoms with Gasteiger partial charge in [-0.15, -0.1) is 5.10 Å². The van der Waals surface area contributed by atoms with Crippen LogP contribution in [0.4, 0.5) is 0 Å². The molecular formula is C16H20N4O3. The van der Waals surface area contributed by atoms with Crippen LogP contribution in [0.3, 0.4) is 0 Å². The normalized spacial score (nSPS) is 11.8. The van der Waals surface area contributed by atoms with Gasteiger partial charge in [0.2, 0.25) is 0 Å². The van der Waals surface area contributed by atoms with Crippen molar-refractivity contribution < 1.29 is 14.3 Å². The summed E-state index contributed by atoms with van der Waals surface area (Å²) in [5.74, 6) is -0.996. The lowest BCUT2D eigenvalue weighted by atomic mass is 10.2. The van der Waals surface area contributed by atoms with Crippen molar-refractivity contribution in [3.05, 3.63) is 41.7 Å². The van der Waals surface area contributed by atoms with Crippen LogP contribution in [-0.4, -0.2) is 39.5 Å². The van der Waals surface area contributed by atoms with Crippen molar-refractivity contribution in [2.45, 2.75) is 33.2 Å². The fourth-order valence-corrected chi connectivity index (χ4v) is 1.86. The molecule has 1 heterocycles. The van der Waals surface area contributed by atoms with Gasteiger partial charge in [-0.2, -0.15) is 9.90 Å². The first-order chi connectivity index (χ1) is 11.0. The summed E-state index contributed by atoms with van der Waals surface area (Å²) in [6.07, 6.45) is 0.810. The van der Waals surface area contributed by atoms with Crippen LogP contribution >= 0.6 is 0 Å². The van der Waals surface area contributed by atoms with Crippen LogP contribution in [0, 0.1) is 6.92 Å². The molecule has 1 aromatic carbocycles. The van der Waals surface area contributed by atoms with E-state index in [1.54, 1.807) is 6.92 Å². The average Bonchev–Trinajstić information content (AvgIpc) is 2.95. The van der Waals surface area contributed by atoms with E-state index in [0.29, 0.717) is 5.69 Å². The molecule has 0 bridgehead atoms. The number of hydrogen-bond acceptors (Lipinski definition) is 5. The van der Waals surface area contributed by atoms with E-state index in [1.165, 1.54) is 4.80 Å². The predicted octanol–water partition coefficient (Wildman–Crippen LogP) is 1.65. The third-order valence-corrected chi connectivity index (χ3v) is 3.32. The molecule has 0 fully saturated rings. The Morgan fingerprint density at radius 2 is 1.96 bits per heavy atom. The number of aromatic nitrogens is 3. The number of nitrogens with one attached hydrogen (secondary N) is 1. The molecule has 23 heavy (non-hydrogen) atoms. The molecule has 1 atom stereocenters. The Morgan fingerprint density at radius 1 is 1.26 bits per heavy atom. The van der Waals surface area contributed by atoms with Crippen molar-refractivity contribution in [3.63, 3.8) is 0 Å². The molecule has 0 saturated heterocycles. The van der Waals surface area contributed by atoms with Gasteiger partial charge < -0.3 is 10.1 Å². The second-order valence-corrected chi connectivity index (χ2v) is 5.21. The fraction of sp³-hybridized carbons (Fsp3) is 0.375. The summed E-state index contributed by atoms with van der Waals surface area (Å²) in [7, 11) is 0. The molecule has 0 saturated carbocycles. The van der Waals surface area contributed by atoms with Gasteiger partial charge in [0.15, 0.2) is 12.3 Å². The van der Waals surface area contributed by atoms with Crippen molar-refractivity contribution >= 4 is 11.9 Å². The Kier molecular flexibility index (Phi) is 5.46. The Labute approximate surface area is 134 Å². The smallest absolute Gasteiger partial charge is 0.361 e. The molecule has 7 nitrogen and oxygen atoms in total. The zero-order valence-electron chi connectivity index (χ0n) is 13.4. The van der Waals surface area contributed by atoms with E-state index in [0.717, 1.165) is 12.1 Å². The molecule has 2 aromatic rings. The van der Waals surface area contributed by atoms with Crippen LogP contribution in [0.1, 0.15) is 36.5 Å². The standard InChI is InChI=1S/C16H20N4O3/c1-4-11(2)17-14(21)10-23-16(22)15-12(3)18-20(19-15)13-8-6-5-7-9-13/h5-9,11H,4,10H2,1-3H3,(H,17,21)/t11-/m1/s1. The van der Waals surface area contributed by atoms with Crippen LogP contribution in [0.5, 0.6) is 0 Å². The van der Waals surface area contributed by atoms with Gasteiger partial charge in [0, 0.05) is 6.04 Å². The van der Waals surface area contributed by atoms with Crippen molar-refractivity contribution in [2.75, 3.05) is 6.61 Å². The Bertz CT molecular complexity index is 682. The minimum atomic E-state index is -0.663. The van der Waals surface area contributed by atoms with E-state index in [1.807, 2.05) is 44.2 Å². The largest absolute Gasteiger partial charge is 0.451 e. The van der Waals surface area contributed by atoms with Crippen LogP contribution < -0.4 is 5.32 Å². The Morgan fingerprint density at radius 3 is 2.61 bits per heavy atom. The lowest BCUT2D eigenvalue weighted by molar-refractivity contribution is -0.124. The SMILES string of the molecule is CC[C@@H](C)NC(=O)COC(=O)c1nn(-c2ccccc2)nc1C. The average molecular weight is 316 g/mol. The molecule has 1 aromatic heterocycles. The number of nitrogens with zero attached hydrogens (tertiary/aromatic N) is 3. The number of aryl methyl sites for hydroxylation is 1. The van der Waals surface area contributed by atoms with E-state index in [9.17, 15) is 9.59 Å². The third-order valence-electron chi connectivity index (χ3n) is 3.32. The number of ether oxygens (including phenoxy) is 1. The van der Waals surface area contributed by atoms with Gasteiger partial charge in [0.1, 0.15) is 0 Å². The fourth-order valence-electron chi connectivity index (χ4n) is 1.86. The minimum absolute atomic E-state index is 0.0434. The summed E-state index contributed by atoms with van der Waals surface area (Å²) in [5, 5.41) is 11.1.